The third kappa shape index (κ3) is 4.15. The van der Waals surface area contributed by atoms with Crippen molar-refractivity contribution in [3.05, 3.63) is 29.8 Å². The van der Waals surface area contributed by atoms with Crippen molar-refractivity contribution in [1.82, 2.24) is 0 Å². The van der Waals surface area contributed by atoms with Crippen LogP contribution in [0.4, 0.5) is 5.69 Å². The summed E-state index contributed by atoms with van der Waals surface area (Å²) in [5, 5.41) is 11.8. The second-order valence-electron chi connectivity index (χ2n) is 6.77. The first-order chi connectivity index (χ1) is 11.3. The quantitative estimate of drug-likeness (QED) is 0.883. The summed E-state index contributed by atoms with van der Waals surface area (Å²) >= 11 is 0. The molecule has 1 aliphatic carbocycles. The minimum atomic E-state index is -3.20. The molecule has 0 bridgehead atoms. The number of nitriles is 1. The van der Waals surface area contributed by atoms with E-state index in [1.54, 1.807) is 38.1 Å². The molecule has 1 aliphatic rings. The third-order valence-corrected chi connectivity index (χ3v) is 6.80. The fourth-order valence-corrected chi connectivity index (χ4v) is 3.91. The lowest BCUT2D eigenvalue weighted by molar-refractivity contribution is -0.124. The number of carbonyl (C=O) groups excluding carboxylic acids is 1. The Morgan fingerprint density at radius 3 is 2.54 bits per heavy atom. The molecular formula is C18H24N2O3S. The molecule has 0 aromatic heterocycles. The molecule has 0 spiro atoms. The van der Waals surface area contributed by atoms with Crippen LogP contribution in [0.1, 0.15) is 51.5 Å². The molecule has 0 aliphatic heterocycles. The summed E-state index contributed by atoms with van der Waals surface area (Å²) in [6.07, 6.45) is 3.98. The van der Waals surface area contributed by atoms with Crippen molar-refractivity contribution in [2.75, 3.05) is 5.32 Å². The first-order valence-electron chi connectivity index (χ1n) is 8.32. The standard InChI is InChI=1S/C18H24N2O3S/c1-14(2)24(22,23)12-15-7-6-8-16(11-15)20-17(21)18(13-19)9-4-3-5-10-18/h6-8,11,14H,3-5,9-10,12H2,1-2H3,(H,20,21). The number of sulfone groups is 1. The van der Waals surface area contributed by atoms with Crippen LogP contribution in [0.25, 0.3) is 0 Å². The zero-order valence-electron chi connectivity index (χ0n) is 14.2. The molecular weight excluding hydrogens is 324 g/mol. The van der Waals surface area contributed by atoms with Crippen molar-refractivity contribution in [2.45, 2.75) is 57.0 Å². The first kappa shape index (κ1) is 18.5. The molecule has 0 unspecified atom stereocenters. The number of hydrogen-bond acceptors (Lipinski definition) is 4. The van der Waals surface area contributed by atoms with Crippen LogP contribution in [0.15, 0.2) is 24.3 Å². The van der Waals surface area contributed by atoms with Crippen molar-refractivity contribution in [2.24, 2.45) is 5.41 Å². The van der Waals surface area contributed by atoms with Gasteiger partial charge in [-0.05, 0) is 44.4 Å². The Labute approximate surface area is 144 Å². The highest BCUT2D eigenvalue weighted by Gasteiger charge is 2.39. The van der Waals surface area contributed by atoms with Crippen molar-refractivity contribution < 1.29 is 13.2 Å². The molecule has 0 radical (unpaired) electrons. The predicted octanol–water partition coefficient (Wildman–Crippen LogP) is 3.42. The van der Waals surface area contributed by atoms with Gasteiger partial charge in [0.25, 0.3) is 0 Å². The van der Waals surface area contributed by atoms with E-state index in [0.717, 1.165) is 19.3 Å². The van der Waals surface area contributed by atoms with Crippen LogP contribution in [0, 0.1) is 16.7 Å². The maximum absolute atomic E-state index is 12.6. The summed E-state index contributed by atoms with van der Waals surface area (Å²) in [4.78, 5) is 12.6. The Morgan fingerprint density at radius 1 is 1.29 bits per heavy atom. The van der Waals surface area contributed by atoms with Gasteiger partial charge >= 0.3 is 0 Å². The van der Waals surface area contributed by atoms with Crippen LogP contribution in [-0.4, -0.2) is 19.6 Å². The average molecular weight is 348 g/mol. The number of benzene rings is 1. The minimum Gasteiger partial charge on any atom is -0.325 e. The number of rotatable bonds is 5. The van der Waals surface area contributed by atoms with Gasteiger partial charge in [0.15, 0.2) is 9.84 Å². The third-order valence-electron chi connectivity index (χ3n) is 4.63. The summed E-state index contributed by atoms with van der Waals surface area (Å²) in [5.41, 5.74) is 0.214. The smallest absolute Gasteiger partial charge is 0.244 e. The van der Waals surface area contributed by atoms with Crippen LogP contribution < -0.4 is 5.32 Å². The monoisotopic (exact) mass is 348 g/mol. The van der Waals surface area contributed by atoms with E-state index in [1.807, 2.05) is 0 Å². The van der Waals surface area contributed by atoms with Gasteiger partial charge in [-0.15, -0.1) is 0 Å². The van der Waals surface area contributed by atoms with Gasteiger partial charge < -0.3 is 5.32 Å². The van der Waals surface area contributed by atoms with Gasteiger partial charge in [0.1, 0.15) is 5.41 Å². The van der Waals surface area contributed by atoms with E-state index in [9.17, 15) is 18.5 Å². The van der Waals surface area contributed by atoms with E-state index >= 15 is 0 Å². The first-order valence-corrected chi connectivity index (χ1v) is 10.0. The highest BCUT2D eigenvalue weighted by atomic mass is 32.2. The molecule has 1 saturated carbocycles. The van der Waals surface area contributed by atoms with E-state index in [4.69, 9.17) is 0 Å². The lowest BCUT2D eigenvalue weighted by atomic mass is 9.74. The van der Waals surface area contributed by atoms with Crippen molar-refractivity contribution >= 4 is 21.4 Å². The Bertz CT molecular complexity index is 742. The van der Waals surface area contributed by atoms with Crippen molar-refractivity contribution in [1.29, 1.82) is 5.26 Å². The molecule has 0 atom stereocenters. The Balaban J connectivity index is 2.15. The largest absolute Gasteiger partial charge is 0.325 e. The minimum absolute atomic E-state index is 0.0578. The highest BCUT2D eigenvalue weighted by Crippen LogP contribution is 2.36. The normalized spacial score (nSPS) is 17.2. The van der Waals surface area contributed by atoms with Gasteiger partial charge in [-0.3, -0.25) is 4.79 Å². The van der Waals surface area contributed by atoms with Crippen LogP contribution in [-0.2, 0) is 20.4 Å². The Kier molecular flexibility index (Phi) is 5.66. The zero-order valence-corrected chi connectivity index (χ0v) is 15.0. The highest BCUT2D eigenvalue weighted by molar-refractivity contribution is 7.91. The van der Waals surface area contributed by atoms with E-state index in [1.165, 1.54) is 0 Å². The van der Waals surface area contributed by atoms with Gasteiger partial charge in [0.05, 0.1) is 17.1 Å². The van der Waals surface area contributed by atoms with Crippen LogP contribution in [0.3, 0.4) is 0 Å². The maximum atomic E-state index is 12.6. The topological polar surface area (TPSA) is 87.0 Å². The van der Waals surface area contributed by atoms with E-state index in [0.29, 0.717) is 24.1 Å². The number of anilines is 1. The van der Waals surface area contributed by atoms with Gasteiger partial charge in [-0.25, -0.2) is 8.42 Å². The molecule has 0 heterocycles. The SMILES string of the molecule is CC(C)S(=O)(=O)Cc1cccc(NC(=O)C2(C#N)CCCCC2)c1. The zero-order chi connectivity index (χ0) is 17.8. The summed E-state index contributed by atoms with van der Waals surface area (Å²) in [6, 6.07) is 9.04. The molecule has 0 saturated heterocycles. The summed E-state index contributed by atoms with van der Waals surface area (Å²) in [5.74, 6) is -0.342. The summed E-state index contributed by atoms with van der Waals surface area (Å²) in [6.45, 7) is 3.31. The molecule has 1 amide bonds. The number of carbonyl (C=O) groups is 1. The average Bonchev–Trinajstić information content (AvgIpc) is 2.55. The van der Waals surface area contributed by atoms with E-state index < -0.39 is 20.5 Å². The molecule has 6 heteroatoms. The van der Waals surface area contributed by atoms with Crippen molar-refractivity contribution in [3.8, 4) is 6.07 Å². The van der Waals surface area contributed by atoms with Gasteiger partial charge in [0.2, 0.25) is 5.91 Å². The van der Waals surface area contributed by atoms with Gasteiger partial charge in [-0.1, -0.05) is 31.4 Å². The number of hydrogen-bond donors (Lipinski definition) is 1. The molecule has 5 nitrogen and oxygen atoms in total. The lowest BCUT2D eigenvalue weighted by Crippen LogP contribution is -2.36. The van der Waals surface area contributed by atoms with Gasteiger partial charge in [0, 0.05) is 5.69 Å². The second kappa shape index (κ2) is 7.35. The molecule has 1 N–H and O–H groups in total. The van der Waals surface area contributed by atoms with E-state index in [2.05, 4.69) is 11.4 Å². The molecule has 2 rings (SSSR count). The number of amides is 1. The maximum Gasteiger partial charge on any atom is 0.244 e. The summed E-state index contributed by atoms with van der Waals surface area (Å²) in [7, 11) is -3.20. The van der Waals surface area contributed by atoms with Crippen LogP contribution in [0.2, 0.25) is 0 Å². The fraction of sp³-hybridized carbons (Fsp3) is 0.556. The number of nitrogens with one attached hydrogen (secondary N) is 1. The Hall–Kier alpha value is -1.87. The van der Waals surface area contributed by atoms with E-state index in [-0.39, 0.29) is 11.7 Å². The van der Waals surface area contributed by atoms with Crippen LogP contribution >= 0.6 is 0 Å². The molecule has 1 aromatic rings. The van der Waals surface area contributed by atoms with Crippen molar-refractivity contribution in [3.63, 3.8) is 0 Å². The molecule has 1 aromatic carbocycles. The molecule has 1 fully saturated rings. The fourth-order valence-electron chi connectivity index (χ4n) is 2.93. The Morgan fingerprint density at radius 2 is 1.96 bits per heavy atom. The second-order valence-corrected chi connectivity index (χ2v) is 9.32. The van der Waals surface area contributed by atoms with Gasteiger partial charge in [-0.2, -0.15) is 5.26 Å². The summed E-state index contributed by atoms with van der Waals surface area (Å²) < 4.78 is 24.1. The number of nitrogens with zero attached hydrogens (tertiary/aromatic N) is 1. The molecule has 24 heavy (non-hydrogen) atoms. The van der Waals surface area contributed by atoms with Crippen LogP contribution in [0.5, 0.6) is 0 Å². The lowest BCUT2D eigenvalue weighted by Gasteiger charge is -2.29. The predicted molar refractivity (Wildman–Crippen MR) is 94.0 cm³/mol. The molecule has 130 valence electrons.